The monoisotopic (exact) mass is 282 g/mol. The second-order valence-electron chi connectivity index (χ2n) is 4.91. The SMILES string of the molecule is NC(=O)C1CCC(NCc2ccsc2C(=O)O)CC1. The van der Waals surface area contributed by atoms with E-state index in [0.717, 1.165) is 31.2 Å². The highest BCUT2D eigenvalue weighted by Gasteiger charge is 2.24. The molecule has 1 amide bonds. The topological polar surface area (TPSA) is 92.4 Å². The Hall–Kier alpha value is -1.40. The Kier molecular flexibility index (Phi) is 4.55. The molecular formula is C13H18N2O3S. The maximum Gasteiger partial charge on any atom is 0.346 e. The fraction of sp³-hybridized carbons (Fsp3) is 0.538. The van der Waals surface area contributed by atoms with Crippen LogP contribution in [0.2, 0.25) is 0 Å². The number of primary amides is 1. The molecule has 0 radical (unpaired) electrons. The first-order valence-corrected chi connectivity index (χ1v) is 7.28. The highest BCUT2D eigenvalue weighted by molar-refractivity contribution is 7.12. The summed E-state index contributed by atoms with van der Waals surface area (Å²) < 4.78 is 0. The number of rotatable bonds is 5. The number of amides is 1. The van der Waals surface area contributed by atoms with Crippen molar-refractivity contribution in [3.63, 3.8) is 0 Å². The molecule has 1 aromatic heterocycles. The first kappa shape index (κ1) is 14.0. The number of aromatic carboxylic acids is 1. The lowest BCUT2D eigenvalue weighted by atomic mass is 9.85. The molecule has 0 spiro atoms. The van der Waals surface area contributed by atoms with Crippen LogP contribution in [0.25, 0.3) is 0 Å². The third-order valence-electron chi connectivity index (χ3n) is 3.65. The molecule has 1 saturated carbocycles. The summed E-state index contributed by atoms with van der Waals surface area (Å²) in [6.45, 7) is 0.567. The van der Waals surface area contributed by atoms with Gasteiger partial charge in [0.15, 0.2) is 0 Å². The van der Waals surface area contributed by atoms with E-state index in [4.69, 9.17) is 10.8 Å². The summed E-state index contributed by atoms with van der Waals surface area (Å²) in [6, 6.07) is 2.19. The van der Waals surface area contributed by atoms with Gasteiger partial charge in [-0.3, -0.25) is 4.79 Å². The molecular weight excluding hydrogens is 264 g/mol. The lowest BCUT2D eigenvalue weighted by Gasteiger charge is -2.27. The number of hydrogen-bond acceptors (Lipinski definition) is 4. The van der Waals surface area contributed by atoms with Crippen molar-refractivity contribution in [1.29, 1.82) is 0 Å². The Morgan fingerprint density at radius 3 is 2.63 bits per heavy atom. The summed E-state index contributed by atoms with van der Waals surface area (Å²) in [5.41, 5.74) is 6.12. The van der Waals surface area contributed by atoms with Crippen molar-refractivity contribution in [1.82, 2.24) is 5.32 Å². The van der Waals surface area contributed by atoms with Crippen molar-refractivity contribution in [3.8, 4) is 0 Å². The van der Waals surface area contributed by atoms with E-state index >= 15 is 0 Å². The summed E-state index contributed by atoms with van der Waals surface area (Å²) in [4.78, 5) is 22.4. The molecule has 0 aromatic carbocycles. The van der Waals surface area contributed by atoms with Gasteiger partial charge >= 0.3 is 5.97 Å². The van der Waals surface area contributed by atoms with Crippen LogP contribution in [0.3, 0.4) is 0 Å². The van der Waals surface area contributed by atoms with Crippen molar-refractivity contribution in [2.75, 3.05) is 0 Å². The fourth-order valence-corrected chi connectivity index (χ4v) is 3.26. The molecule has 1 heterocycles. The van der Waals surface area contributed by atoms with Gasteiger partial charge in [-0.1, -0.05) is 0 Å². The van der Waals surface area contributed by atoms with Gasteiger partial charge in [-0.05, 0) is 42.7 Å². The normalized spacial score (nSPS) is 23.2. The molecule has 0 atom stereocenters. The highest BCUT2D eigenvalue weighted by atomic mass is 32.1. The Morgan fingerprint density at radius 1 is 1.37 bits per heavy atom. The van der Waals surface area contributed by atoms with E-state index in [9.17, 15) is 9.59 Å². The van der Waals surface area contributed by atoms with Crippen LogP contribution < -0.4 is 11.1 Å². The average Bonchev–Trinajstić information content (AvgIpc) is 2.85. The van der Waals surface area contributed by atoms with Crippen LogP contribution in [-0.2, 0) is 11.3 Å². The Bertz CT molecular complexity index is 464. The Labute approximate surface area is 115 Å². The van der Waals surface area contributed by atoms with Gasteiger partial charge in [0.25, 0.3) is 0 Å². The van der Waals surface area contributed by atoms with Gasteiger partial charge in [-0.15, -0.1) is 11.3 Å². The van der Waals surface area contributed by atoms with Crippen molar-refractivity contribution < 1.29 is 14.7 Å². The number of hydrogen-bond donors (Lipinski definition) is 3. The summed E-state index contributed by atoms with van der Waals surface area (Å²) in [6.07, 6.45) is 3.48. The zero-order valence-corrected chi connectivity index (χ0v) is 11.4. The smallest absolute Gasteiger partial charge is 0.346 e. The van der Waals surface area contributed by atoms with Crippen LogP contribution in [0, 0.1) is 5.92 Å². The van der Waals surface area contributed by atoms with E-state index in [1.165, 1.54) is 11.3 Å². The van der Waals surface area contributed by atoms with Crippen LogP contribution in [0.5, 0.6) is 0 Å². The van der Waals surface area contributed by atoms with E-state index in [1.54, 1.807) is 5.38 Å². The number of carboxylic acid groups (broad SMARTS) is 1. The van der Waals surface area contributed by atoms with Crippen molar-refractivity contribution in [3.05, 3.63) is 21.9 Å². The van der Waals surface area contributed by atoms with Gasteiger partial charge < -0.3 is 16.2 Å². The molecule has 1 fully saturated rings. The van der Waals surface area contributed by atoms with Gasteiger partial charge in [0.05, 0.1) is 0 Å². The van der Waals surface area contributed by atoms with Gasteiger partial charge in [-0.25, -0.2) is 4.79 Å². The van der Waals surface area contributed by atoms with Gasteiger partial charge in [0.2, 0.25) is 5.91 Å². The maximum absolute atomic E-state index is 11.1. The molecule has 0 saturated heterocycles. The van der Waals surface area contributed by atoms with Crippen LogP contribution in [0.1, 0.15) is 40.9 Å². The second kappa shape index (κ2) is 6.16. The summed E-state index contributed by atoms with van der Waals surface area (Å²) >= 11 is 1.25. The summed E-state index contributed by atoms with van der Waals surface area (Å²) in [7, 11) is 0. The van der Waals surface area contributed by atoms with Crippen molar-refractivity contribution >= 4 is 23.2 Å². The zero-order chi connectivity index (χ0) is 13.8. The molecule has 0 aliphatic heterocycles. The van der Waals surface area contributed by atoms with E-state index in [2.05, 4.69) is 5.32 Å². The highest BCUT2D eigenvalue weighted by Crippen LogP contribution is 2.24. The van der Waals surface area contributed by atoms with Crippen LogP contribution in [0.15, 0.2) is 11.4 Å². The number of carboxylic acids is 1. The minimum Gasteiger partial charge on any atom is -0.477 e. The van der Waals surface area contributed by atoms with Crippen LogP contribution >= 0.6 is 11.3 Å². The number of nitrogens with one attached hydrogen (secondary N) is 1. The lowest BCUT2D eigenvalue weighted by molar-refractivity contribution is -0.122. The quantitative estimate of drug-likeness (QED) is 0.764. The van der Waals surface area contributed by atoms with Gasteiger partial charge in [0, 0.05) is 18.5 Å². The van der Waals surface area contributed by atoms with Crippen molar-refractivity contribution in [2.24, 2.45) is 11.7 Å². The maximum atomic E-state index is 11.1. The molecule has 1 aromatic rings. The van der Waals surface area contributed by atoms with Gasteiger partial charge in [-0.2, -0.15) is 0 Å². The predicted octanol–water partition coefficient (Wildman–Crippen LogP) is 1.58. The number of carbonyl (C=O) groups excluding carboxylic acids is 1. The molecule has 5 nitrogen and oxygen atoms in total. The third-order valence-corrected chi connectivity index (χ3v) is 4.60. The second-order valence-corrected chi connectivity index (χ2v) is 5.83. The lowest BCUT2D eigenvalue weighted by Crippen LogP contribution is -2.36. The standard InChI is InChI=1S/C13H18N2O3S/c14-12(16)8-1-3-10(4-2-8)15-7-9-5-6-19-11(9)13(17)18/h5-6,8,10,15H,1-4,7H2,(H2,14,16)(H,17,18). The Balaban J connectivity index is 1.82. The molecule has 0 bridgehead atoms. The molecule has 0 unspecified atom stereocenters. The third kappa shape index (κ3) is 3.54. The molecule has 1 aliphatic carbocycles. The predicted molar refractivity (Wildman–Crippen MR) is 73.1 cm³/mol. The van der Waals surface area contributed by atoms with E-state index in [0.29, 0.717) is 17.5 Å². The van der Waals surface area contributed by atoms with E-state index in [-0.39, 0.29) is 11.8 Å². The molecule has 4 N–H and O–H groups in total. The minimum absolute atomic E-state index is 0.00813. The molecule has 1 aliphatic rings. The van der Waals surface area contributed by atoms with Gasteiger partial charge in [0.1, 0.15) is 4.88 Å². The van der Waals surface area contributed by atoms with Crippen LogP contribution in [0.4, 0.5) is 0 Å². The number of nitrogens with two attached hydrogens (primary N) is 1. The van der Waals surface area contributed by atoms with Crippen LogP contribution in [-0.4, -0.2) is 23.0 Å². The van der Waals surface area contributed by atoms with Crippen molar-refractivity contribution in [2.45, 2.75) is 38.3 Å². The first-order chi connectivity index (χ1) is 9.08. The van der Waals surface area contributed by atoms with E-state index in [1.807, 2.05) is 6.07 Å². The average molecular weight is 282 g/mol. The van der Waals surface area contributed by atoms with E-state index < -0.39 is 5.97 Å². The summed E-state index contributed by atoms with van der Waals surface area (Å²) in [5.74, 6) is -1.07. The molecule has 104 valence electrons. The summed E-state index contributed by atoms with van der Waals surface area (Å²) in [5, 5.41) is 14.2. The largest absolute Gasteiger partial charge is 0.477 e. The minimum atomic E-state index is -0.871. The zero-order valence-electron chi connectivity index (χ0n) is 10.6. The Morgan fingerprint density at radius 2 is 2.05 bits per heavy atom. The number of thiophene rings is 1. The molecule has 2 rings (SSSR count). The molecule has 6 heteroatoms. The number of carbonyl (C=O) groups is 2. The first-order valence-electron chi connectivity index (χ1n) is 6.40. The molecule has 19 heavy (non-hydrogen) atoms. The fourth-order valence-electron chi connectivity index (χ4n) is 2.50.